The number of anilines is 1. The first-order valence-corrected chi connectivity index (χ1v) is 9.59. The van der Waals surface area contributed by atoms with Gasteiger partial charge < -0.3 is 10.6 Å². The summed E-state index contributed by atoms with van der Waals surface area (Å²) < 4.78 is 0.903. The van der Waals surface area contributed by atoms with E-state index in [9.17, 15) is 14.4 Å². The number of nitrogens with one attached hydrogen (secondary N) is 2. The van der Waals surface area contributed by atoms with Crippen molar-refractivity contribution in [3.8, 4) is 0 Å². The second kappa shape index (κ2) is 6.68. The number of carbonyl (C=O) groups is 3. The molecule has 1 aromatic carbocycles. The van der Waals surface area contributed by atoms with Crippen molar-refractivity contribution in [1.29, 1.82) is 0 Å². The van der Waals surface area contributed by atoms with Crippen molar-refractivity contribution in [2.75, 3.05) is 11.9 Å². The van der Waals surface area contributed by atoms with Gasteiger partial charge >= 0.3 is 6.03 Å². The number of carbonyl (C=O) groups excluding carboxylic acids is 3. The van der Waals surface area contributed by atoms with Crippen LogP contribution in [0.1, 0.15) is 40.0 Å². The van der Waals surface area contributed by atoms with Gasteiger partial charge in [0, 0.05) is 10.2 Å². The molecule has 1 saturated carbocycles. The Labute approximate surface area is 161 Å². The van der Waals surface area contributed by atoms with Crippen LogP contribution < -0.4 is 10.6 Å². The molecule has 4 amide bonds. The van der Waals surface area contributed by atoms with Gasteiger partial charge in [0.05, 0.1) is 0 Å². The third kappa shape index (κ3) is 3.77. The summed E-state index contributed by atoms with van der Waals surface area (Å²) in [4.78, 5) is 38.8. The molecule has 2 N–H and O–H groups in total. The maximum atomic E-state index is 13.0. The fourth-order valence-electron chi connectivity index (χ4n) is 4.53. The zero-order valence-corrected chi connectivity index (χ0v) is 16.9. The Morgan fingerprint density at radius 2 is 1.92 bits per heavy atom. The normalized spacial score (nSPS) is 27.5. The predicted octanol–water partition coefficient (Wildman–Crippen LogP) is 3.52. The molecule has 2 atom stereocenters. The van der Waals surface area contributed by atoms with Gasteiger partial charge in [-0.1, -0.05) is 36.7 Å². The molecule has 1 spiro atoms. The van der Waals surface area contributed by atoms with Crippen LogP contribution in [0, 0.1) is 11.3 Å². The van der Waals surface area contributed by atoms with Crippen molar-refractivity contribution in [2.24, 2.45) is 11.3 Å². The van der Waals surface area contributed by atoms with Gasteiger partial charge in [-0.25, -0.2) is 4.79 Å². The third-order valence-corrected chi connectivity index (χ3v) is 5.58. The van der Waals surface area contributed by atoms with Crippen LogP contribution in [-0.2, 0) is 9.59 Å². The topological polar surface area (TPSA) is 78.5 Å². The maximum absolute atomic E-state index is 13.0. The van der Waals surface area contributed by atoms with E-state index < -0.39 is 17.5 Å². The number of imide groups is 1. The fourth-order valence-corrected chi connectivity index (χ4v) is 4.79. The lowest BCUT2D eigenvalue weighted by molar-refractivity contribution is -0.136. The molecule has 6 nitrogen and oxygen atoms in total. The van der Waals surface area contributed by atoms with Crippen LogP contribution in [0.3, 0.4) is 0 Å². The molecule has 26 heavy (non-hydrogen) atoms. The number of hydrogen-bond acceptors (Lipinski definition) is 3. The van der Waals surface area contributed by atoms with Crippen molar-refractivity contribution in [1.82, 2.24) is 10.2 Å². The highest BCUT2D eigenvalue weighted by molar-refractivity contribution is 9.10. The molecule has 1 heterocycles. The zero-order chi connectivity index (χ0) is 19.1. The van der Waals surface area contributed by atoms with E-state index >= 15 is 0 Å². The summed E-state index contributed by atoms with van der Waals surface area (Å²) in [6, 6.07) is 6.64. The average molecular weight is 422 g/mol. The highest BCUT2D eigenvalue weighted by Crippen LogP contribution is 2.46. The first-order chi connectivity index (χ1) is 12.1. The van der Waals surface area contributed by atoms with E-state index in [0.717, 1.165) is 15.8 Å². The van der Waals surface area contributed by atoms with E-state index in [2.05, 4.69) is 47.3 Å². The minimum Gasteiger partial charge on any atom is -0.325 e. The molecule has 7 heteroatoms. The van der Waals surface area contributed by atoms with Gasteiger partial charge in [0.1, 0.15) is 12.1 Å². The van der Waals surface area contributed by atoms with Crippen LogP contribution in [0.2, 0.25) is 0 Å². The van der Waals surface area contributed by atoms with E-state index in [4.69, 9.17) is 0 Å². The van der Waals surface area contributed by atoms with Crippen molar-refractivity contribution in [3.63, 3.8) is 0 Å². The third-order valence-electron chi connectivity index (χ3n) is 5.05. The average Bonchev–Trinajstić information content (AvgIpc) is 2.71. The Balaban J connectivity index is 1.71. The molecule has 1 aromatic rings. The van der Waals surface area contributed by atoms with Gasteiger partial charge in [-0.2, -0.15) is 0 Å². The standard InChI is InChI=1S/C19H24BrN3O3/c1-12-8-18(2,3)11-19(9-12)16(25)23(17(26)22-19)10-15(24)21-14-6-4-13(20)5-7-14/h4-7,12H,8-11H2,1-3H3,(H,21,24)(H,22,26). The second-order valence-electron chi connectivity index (χ2n) is 8.31. The molecule has 1 aliphatic heterocycles. The van der Waals surface area contributed by atoms with Crippen LogP contribution in [0.15, 0.2) is 28.7 Å². The molecule has 1 saturated heterocycles. The van der Waals surface area contributed by atoms with Crippen LogP contribution in [-0.4, -0.2) is 34.8 Å². The summed E-state index contributed by atoms with van der Waals surface area (Å²) in [5.41, 5.74) is -0.292. The lowest BCUT2D eigenvalue weighted by Gasteiger charge is -2.43. The van der Waals surface area contributed by atoms with Gasteiger partial charge in [0.15, 0.2) is 0 Å². The number of amides is 4. The van der Waals surface area contributed by atoms with E-state index in [1.54, 1.807) is 12.1 Å². The van der Waals surface area contributed by atoms with Crippen molar-refractivity contribution < 1.29 is 14.4 Å². The molecular formula is C19H24BrN3O3. The van der Waals surface area contributed by atoms with Crippen LogP contribution in [0.4, 0.5) is 10.5 Å². The maximum Gasteiger partial charge on any atom is 0.325 e. The minimum absolute atomic E-state index is 0.0314. The Morgan fingerprint density at radius 1 is 1.27 bits per heavy atom. The van der Waals surface area contributed by atoms with Crippen molar-refractivity contribution in [3.05, 3.63) is 28.7 Å². The lowest BCUT2D eigenvalue weighted by Crippen LogP contribution is -2.54. The smallest absolute Gasteiger partial charge is 0.325 e. The number of urea groups is 1. The van der Waals surface area contributed by atoms with Gasteiger partial charge in [0.25, 0.3) is 5.91 Å². The Morgan fingerprint density at radius 3 is 2.54 bits per heavy atom. The molecule has 0 radical (unpaired) electrons. The molecule has 2 aliphatic rings. The fraction of sp³-hybridized carbons (Fsp3) is 0.526. The molecule has 2 fully saturated rings. The van der Waals surface area contributed by atoms with Crippen LogP contribution in [0.25, 0.3) is 0 Å². The second-order valence-corrected chi connectivity index (χ2v) is 9.23. The van der Waals surface area contributed by atoms with E-state index in [1.165, 1.54) is 0 Å². The monoisotopic (exact) mass is 421 g/mol. The van der Waals surface area contributed by atoms with Crippen LogP contribution in [0.5, 0.6) is 0 Å². The minimum atomic E-state index is -0.879. The number of halogens is 1. The number of hydrogen-bond donors (Lipinski definition) is 2. The summed E-state index contributed by atoms with van der Waals surface area (Å²) in [7, 11) is 0. The lowest BCUT2D eigenvalue weighted by atomic mass is 9.64. The zero-order valence-electron chi connectivity index (χ0n) is 15.3. The highest BCUT2D eigenvalue weighted by Gasteiger charge is 2.56. The quantitative estimate of drug-likeness (QED) is 0.732. The first-order valence-electron chi connectivity index (χ1n) is 8.80. The number of benzene rings is 1. The SMILES string of the molecule is CC1CC(C)(C)CC2(C1)NC(=O)N(CC(=O)Nc1ccc(Br)cc1)C2=O. The summed E-state index contributed by atoms with van der Waals surface area (Å²) in [5, 5.41) is 5.60. The van der Waals surface area contributed by atoms with Crippen molar-refractivity contribution in [2.45, 2.75) is 45.6 Å². The van der Waals surface area contributed by atoms with Crippen molar-refractivity contribution >= 4 is 39.5 Å². The summed E-state index contributed by atoms with van der Waals surface area (Å²) in [6.07, 6.45) is 2.23. The van der Waals surface area contributed by atoms with Gasteiger partial charge in [0.2, 0.25) is 5.91 Å². The molecule has 140 valence electrons. The molecular weight excluding hydrogens is 398 g/mol. The Bertz CT molecular complexity index is 747. The van der Waals surface area contributed by atoms with Gasteiger partial charge in [-0.15, -0.1) is 0 Å². The molecule has 2 unspecified atom stereocenters. The summed E-state index contributed by atoms with van der Waals surface area (Å²) >= 11 is 3.33. The highest BCUT2D eigenvalue weighted by atomic mass is 79.9. The Kier molecular flexibility index (Phi) is 4.86. The molecule has 0 bridgehead atoms. The van der Waals surface area contributed by atoms with Gasteiger partial charge in [-0.3, -0.25) is 14.5 Å². The molecule has 0 aromatic heterocycles. The largest absolute Gasteiger partial charge is 0.325 e. The molecule has 3 rings (SSSR count). The first kappa shape index (κ1) is 18.9. The van der Waals surface area contributed by atoms with Gasteiger partial charge in [-0.05, 0) is 54.9 Å². The van der Waals surface area contributed by atoms with E-state index in [0.29, 0.717) is 24.4 Å². The molecule has 1 aliphatic carbocycles. The summed E-state index contributed by atoms with van der Waals surface area (Å²) in [5.74, 6) is -0.344. The van der Waals surface area contributed by atoms with E-state index in [1.807, 2.05) is 12.1 Å². The van der Waals surface area contributed by atoms with E-state index in [-0.39, 0.29) is 17.9 Å². The Hall–Kier alpha value is -1.89. The number of nitrogens with zero attached hydrogens (tertiary/aromatic N) is 1. The summed E-state index contributed by atoms with van der Waals surface area (Å²) in [6.45, 7) is 6.06. The van der Waals surface area contributed by atoms with Crippen LogP contribution >= 0.6 is 15.9 Å². The number of rotatable bonds is 3. The predicted molar refractivity (Wildman–Crippen MR) is 103 cm³/mol.